The van der Waals surface area contributed by atoms with E-state index in [1.807, 2.05) is 51.1 Å². The van der Waals surface area contributed by atoms with E-state index in [1.54, 1.807) is 22.0 Å². The third-order valence-electron chi connectivity index (χ3n) is 3.97. The Labute approximate surface area is 135 Å². The standard InChI is InChI=1S/C17H21N3O3/c1-12(2)20-13(3)15(23-17(20)21)16-18-9-10-19(16)22-11-14-7-5-4-6-8-14/h4-10,12-13,15H,11H2,1-3H3/t13-,15-/m0/s1. The number of imidazole rings is 1. The highest BCUT2D eigenvalue weighted by molar-refractivity contribution is 5.71. The molecular weight excluding hydrogens is 294 g/mol. The van der Waals surface area contributed by atoms with Crippen LogP contribution in [0, 0.1) is 0 Å². The van der Waals surface area contributed by atoms with E-state index < -0.39 is 6.10 Å². The molecule has 0 unspecified atom stereocenters. The largest absolute Gasteiger partial charge is 0.436 e. The molecule has 0 radical (unpaired) electrons. The highest BCUT2D eigenvalue weighted by Gasteiger charge is 2.43. The van der Waals surface area contributed by atoms with Gasteiger partial charge in [0.05, 0.1) is 12.2 Å². The molecular formula is C17H21N3O3. The zero-order valence-electron chi connectivity index (χ0n) is 13.5. The highest BCUT2D eigenvalue weighted by Crippen LogP contribution is 2.32. The van der Waals surface area contributed by atoms with Crippen LogP contribution in [0.25, 0.3) is 0 Å². The van der Waals surface area contributed by atoms with Crippen LogP contribution in [0.4, 0.5) is 4.79 Å². The minimum absolute atomic E-state index is 0.0798. The van der Waals surface area contributed by atoms with Gasteiger partial charge in [-0.3, -0.25) is 4.90 Å². The summed E-state index contributed by atoms with van der Waals surface area (Å²) in [5.41, 5.74) is 1.06. The van der Waals surface area contributed by atoms with E-state index in [9.17, 15) is 4.79 Å². The van der Waals surface area contributed by atoms with Gasteiger partial charge in [-0.1, -0.05) is 30.3 Å². The van der Waals surface area contributed by atoms with Crippen LogP contribution in [0.5, 0.6) is 0 Å². The first-order chi connectivity index (χ1) is 11.1. The van der Waals surface area contributed by atoms with Gasteiger partial charge in [-0.2, -0.15) is 4.73 Å². The van der Waals surface area contributed by atoms with Crippen molar-refractivity contribution in [2.75, 3.05) is 0 Å². The topological polar surface area (TPSA) is 56.6 Å². The van der Waals surface area contributed by atoms with Crippen LogP contribution in [0.2, 0.25) is 0 Å². The van der Waals surface area contributed by atoms with Crippen molar-refractivity contribution in [1.29, 1.82) is 0 Å². The van der Waals surface area contributed by atoms with Crippen LogP contribution in [-0.4, -0.2) is 32.8 Å². The number of aromatic nitrogens is 2. The molecule has 2 aromatic rings. The summed E-state index contributed by atoms with van der Waals surface area (Å²) in [4.78, 5) is 23.9. The lowest BCUT2D eigenvalue weighted by Crippen LogP contribution is -2.38. The van der Waals surface area contributed by atoms with Crippen LogP contribution in [0.1, 0.15) is 38.3 Å². The van der Waals surface area contributed by atoms with E-state index in [4.69, 9.17) is 9.57 Å². The summed E-state index contributed by atoms with van der Waals surface area (Å²) in [6, 6.07) is 9.88. The van der Waals surface area contributed by atoms with Crippen molar-refractivity contribution in [3.05, 3.63) is 54.1 Å². The average Bonchev–Trinajstić information content (AvgIpc) is 3.10. The molecule has 1 aliphatic rings. The molecule has 1 saturated heterocycles. The zero-order valence-corrected chi connectivity index (χ0v) is 13.5. The summed E-state index contributed by atoms with van der Waals surface area (Å²) in [7, 11) is 0. The summed E-state index contributed by atoms with van der Waals surface area (Å²) >= 11 is 0. The van der Waals surface area contributed by atoms with Gasteiger partial charge in [0.25, 0.3) is 0 Å². The Bertz CT molecular complexity index is 669. The first-order valence-corrected chi connectivity index (χ1v) is 7.77. The summed E-state index contributed by atoms with van der Waals surface area (Å²) in [6.07, 6.45) is 2.64. The van der Waals surface area contributed by atoms with Crippen molar-refractivity contribution in [3.63, 3.8) is 0 Å². The van der Waals surface area contributed by atoms with Gasteiger partial charge in [-0.05, 0) is 26.3 Å². The van der Waals surface area contributed by atoms with Crippen LogP contribution < -0.4 is 4.84 Å². The number of benzene rings is 1. The number of ether oxygens (including phenoxy) is 1. The minimum Gasteiger partial charge on any atom is -0.436 e. The molecule has 6 nitrogen and oxygen atoms in total. The van der Waals surface area contributed by atoms with E-state index >= 15 is 0 Å². The van der Waals surface area contributed by atoms with Gasteiger partial charge < -0.3 is 9.57 Å². The van der Waals surface area contributed by atoms with E-state index in [2.05, 4.69) is 4.98 Å². The number of nitrogens with zero attached hydrogens (tertiary/aromatic N) is 3. The van der Waals surface area contributed by atoms with E-state index in [0.717, 1.165) is 5.56 Å². The molecule has 0 saturated carbocycles. The van der Waals surface area contributed by atoms with Crippen LogP contribution in [-0.2, 0) is 11.3 Å². The average molecular weight is 315 g/mol. The summed E-state index contributed by atoms with van der Waals surface area (Å²) in [5, 5.41) is 0. The predicted molar refractivity (Wildman–Crippen MR) is 84.6 cm³/mol. The fourth-order valence-electron chi connectivity index (χ4n) is 2.86. The molecule has 2 atom stereocenters. The van der Waals surface area contributed by atoms with E-state index in [1.165, 1.54) is 0 Å². The molecule has 1 aromatic heterocycles. The second-order valence-electron chi connectivity index (χ2n) is 5.92. The molecule has 0 N–H and O–H groups in total. The number of carbonyl (C=O) groups excluding carboxylic acids is 1. The Morgan fingerprint density at radius 1 is 1.30 bits per heavy atom. The van der Waals surface area contributed by atoms with E-state index in [-0.39, 0.29) is 18.2 Å². The molecule has 122 valence electrons. The molecule has 23 heavy (non-hydrogen) atoms. The Kier molecular flexibility index (Phi) is 4.23. The maximum absolute atomic E-state index is 12.0. The second-order valence-corrected chi connectivity index (χ2v) is 5.92. The Morgan fingerprint density at radius 2 is 2.04 bits per heavy atom. The third kappa shape index (κ3) is 3.02. The number of cyclic esters (lactones) is 1. The maximum atomic E-state index is 12.0. The number of hydrogen-bond donors (Lipinski definition) is 0. The third-order valence-corrected chi connectivity index (χ3v) is 3.97. The van der Waals surface area contributed by atoms with Gasteiger partial charge >= 0.3 is 6.09 Å². The first-order valence-electron chi connectivity index (χ1n) is 7.77. The molecule has 0 aliphatic carbocycles. The Balaban J connectivity index is 1.75. The molecule has 1 amide bonds. The molecule has 0 bridgehead atoms. The number of carbonyl (C=O) groups is 1. The van der Waals surface area contributed by atoms with Crippen molar-refractivity contribution in [1.82, 2.24) is 14.6 Å². The maximum Gasteiger partial charge on any atom is 0.411 e. The van der Waals surface area contributed by atoms with Gasteiger partial charge in [0.15, 0.2) is 11.9 Å². The molecule has 1 aromatic carbocycles. The fourth-order valence-corrected chi connectivity index (χ4v) is 2.86. The molecule has 1 aliphatic heterocycles. The SMILES string of the molecule is CC(C)N1C(=O)O[C@H](c2nccn2OCc2ccccc2)[C@@H]1C. The number of rotatable bonds is 5. The summed E-state index contributed by atoms with van der Waals surface area (Å²) in [5.74, 6) is 0.602. The van der Waals surface area contributed by atoms with Gasteiger partial charge in [0, 0.05) is 12.2 Å². The number of amides is 1. The lowest BCUT2D eigenvalue weighted by molar-refractivity contribution is 0.0614. The zero-order chi connectivity index (χ0) is 16.4. The molecule has 2 heterocycles. The van der Waals surface area contributed by atoms with Crippen molar-refractivity contribution in [2.24, 2.45) is 0 Å². The molecule has 0 spiro atoms. The summed E-state index contributed by atoms with van der Waals surface area (Å²) < 4.78 is 7.10. The highest BCUT2D eigenvalue weighted by atomic mass is 16.7. The summed E-state index contributed by atoms with van der Waals surface area (Å²) in [6.45, 7) is 6.33. The van der Waals surface area contributed by atoms with E-state index in [0.29, 0.717) is 12.4 Å². The lowest BCUT2D eigenvalue weighted by atomic mass is 10.1. The van der Waals surface area contributed by atoms with Gasteiger partial charge in [0.2, 0.25) is 0 Å². The lowest BCUT2D eigenvalue weighted by Gasteiger charge is -2.24. The quantitative estimate of drug-likeness (QED) is 0.851. The van der Waals surface area contributed by atoms with Crippen LogP contribution >= 0.6 is 0 Å². The van der Waals surface area contributed by atoms with Crippen molar-refractivity contribution in [2.45, 2.75) is 45.6 Å². The van der Waals surface area contributed by atoms with Crippen molar-refractivity contribution in [3.8, 4) is 0 Å². The smallest absolute Gasteiger partial charge is 0.411 e. The van der Waals surface area contributed by atoms with Crippen molar-refractivity contribution >= 4 is 6.09 Å². The normalized spacial score (nSPS) is 20.9. The number of hydrogen-bond acceptors (Lipinski definition) is 4. The van der Waals surface area contributed by atoms with Gasteiger partial charge in [-0.25, -0.2) is 9.78 Å². The molecule has 6 heteroatoms. The monoisotopic (exact) mass is 315 g/mol. The predicted octanol–water partition coefficient (Wildman–Crippen LogP) is 2.80. The first kappa shape index (κ1) is 15.4. The van der Waals surface area contributed by atoms with Crippen molar-refractivity contribution < 1.29 is 14.4 Å². The Hall–Kier alpha value is -2.50. The minimum atomic E-state index is -0.435. The van der Waals surface area contributed by atoms with Crippen LogP contribution in [0.15, 0.2) is 42.7 Å². The second kappa shape index (κ2) is 6.32. The fraction of sp³-hybridized carbons (Fsp3) is 0.412. The van der Waals surface area contributed by atoms with Gasteiger partial charge in [0.1, 0.15) is 6.61 Å². The van der Waals surface area contributed by atoms with Crippen LogP contribution in [0.3, 0.4) is 0 Å². The molecule has 3 rings (SSSR count). The van der Waals surface area contributed by atoms with Gasteiger partial charge in [-0.15, -0.1) is 0 Å². The molecule has 1 fully saturated rings. The Morgan fingerprint density at radius 3 is 2.70 bits per heavy atom.